The molecule has 2 saturated heterocycles. The number of carbonyl (C=O) groups is 2. The van der Waals surface area contributed by atoms with Gasteiger partial charge in [0, 0.05) is 42.8 Å². The lowest BCUT2D eigenvalue weighted by Crippen LogP contribution is -2.40. The van der Waals surface area contributed by atoms with Crippen LogP contribution in [-0.2, 0) is 0 Å². The first-order valence-corrected chi connectivity index (χ1v) is 10.9. The maximum absolute atomic E-state index is 12.7. The van der Waals surface area contributed by atoms with Crippen molar-refractivity contribution in [3.05, 3.63) is 46.1 Å². The largest absolute Gasteiger partial charge is 0.445 e. The van der Waals surface area contributed by atoms with Crippen molar-refractivity contribution in [2.75, 3.05) is 31.5 Å². The van der Waals surface area contributed by atoms with Gasteiger partial charge in [-0.2, -0.15) is 0 Å². The predicted octanol–water partition coefficient (Wildman–Crippen LogP) is 4.59. The van der Waals surface area contributed by atoms with Gasteiger partial charge in [-0.05, 0) is 57.2 Å². The summed E-state index contributed by atoms with van der Waals surface area (Å²) < 4.78 is 5.86. The maximum atomic E-state index is 12.7. The third kappa shape index (κ3) is 4.31. The molecule has 2 aliphatic heterocycles. The van der Waals surface area contributed by atoms with Crippen LogP contribution in [0.4, 0.5) is 10.5 Å². The van der Waals surface area contributed by atoms with Crippen LogP contribution in [0.5, 0.6) is 0 Å². The quantitative estimate of drug-likeness (QED) is 0.772. The summed E-state index contributed by atoms with van der Waals surface area (Å²) in [6, 6.07) is 5.36. The molecule has 1 aromatic carbocycles. The molecule has 8 heteroatoms. The van der Waals surface area contributed by atoms with E-state index in [1.165, 1.54) is 0 Å². The van der Waals surface area contributed by atoms with Gasteiger partial charge in [0.2, 0.25) is 0 Å². The Balaban J connectivity index is 1.35. The number of nitrogens with one attached hydrogen (secondary N) is 1. The summed E-state index contributed by atoms with van der Waals surface area (Å²) in [6.07, 6.45) is 3.59. The van der Waals surface area contributed by atoms with Gasteiger partial charge >= 0.3 is 6.03 Å². The molecule has 0 spiro atoms. The molecule has 1 N–H and O–H groups in total. The topological polar surface area (TPSA) is 78.7 Å². The number of rotatable bonds is 3. The second kappa shape index (κ2) is 8.68. The van der Waals surface area contributed by atoms with Gasteiger partial charge < -0.3 is 19.5 Å². The zero-order valence-corrected chi connectivity index (χ0v) is 18.2. The molecule has 0 aliphatic carbocycles. The van der Waals surface area contributed by atoms with Gasteiger partial charge in [0.15, 0.2) is 11.6 Å². The van der Waals surface area contributed by atoms with Crippen molar-refractivity contribution in [1.29, 1.82) is 0 Å². The van der Waals surface area contributed by atoms with Crippen LogP contribution in [0.3, 0.4) is 0 Å². The molecule has 0 saturated carbocycles. The number of benzene rings is 1. The summed E-state index contributed by atoms with van der Waals surface area (Å²) in [6.45, 7) is 6.52. The zero-order chi connectivity index (χ0) is 21.3. The molecule has 2 aliphatic rings. The molecular formula is C22H27ClN4O3. The van der Waals surface area contributed by atoms with Gasteiger partial charge in [-0.25, -0.2) is 9.78 Å². The number of nitrogens with zero attached hydrogens (tertiary/aromatic N) is 3. The van der Waals surface area contributed by atoms with Crippen LogP contribution in [-0.4, -0.2) is 52.9 Å². The Hall–Kier alpha value is -2.54. The highest BCUT2D eigenvalue weighted by Gasteiger charge is 2.30. The molecular weight excluding hydrogens is 404 g/mol. The number of urea groups is 1. The monoisotopic (exact) mass is 430 g/mol. The summed E-state index contributed by atoms with van der Waals surface area (Å²) in [4.78, 5) is 33.4. The van der Waals surface area contributed by atoms with E-state index in [1.807, 2.05) is 24.0 Å². The van der Waals surface area contributed by atoms with Crippen LogP contribution >= 0.6 is 11.6 Å². The number of aryl methyl sites for hydroxylation is 2. The Morgan fingerprint density at radius 2 is 1.80 bits per heavy atom. The Kier molecular flexibility index (Phi) is 5.99. The van der Waals surface area contributed by atoms with Crippen LogP contribution in [0, 0.1) is 13.8 Å². The summed E-state index contributed by atoms with van der Waals surface area (Å²) in [5.74, 6) is 1.27. The van der Waals surface area contributed by atoms with E-state index in [0.717, 1.165) is 44.3 Å². The molecule has 0 radical (unpaired) electrons. The first-order chi connectivity index (χ1) is 14.4. The predicted molar refractivity (Wildman–Crippen MR) is 115 cm³/mol. The highest BCUT2D eigenvalue weighted by atomic mass is 35.5. The molecule has 2 aromatic rings. The van der Waals surface area contributed by atoms with Gasteiger partial charge in [0.25, 0.3) is 5.91 Å². The minimum atomic E-state index is -0.137. The van der Waals surface area contributed by atoms with E-state index in [9.17, 15) is 9.59 Å². The van der Waals surface area contributed by atoms with Crippen molar-refractivity contribution in [3.63, 3.8) is 0 Å². The van der Waals surface area contributed by atoms with E-state index in [4.69, 9.17) is 16.0 Å². The van der Waals surface area contributed by atoms with Crippen molar-refractivity contribution in [1.82, 2.24) is 14.8 Å². The molecule has 3 amide bonds. The highest BCUT2D eigenvalue weighted by molar-refractivity contribution is 6.31. The lowest BCUT2D eigenvalue weighted by atomic mass is 9.97. The molecule has 0 atom stereocenters. The first-order valence-electron chi connectivity index (χ1n) is 10.5. The number of piperidine rings is 1. The SMILES string of the molecule is Cc1ccc(NC(=O)N2CCC(c3nc(C(=O)N4CCCC4)c(C)o3)CC2)cc1Cl. The molecule has 2 fully saturated rings. The van der Waals surface area contributed by atoms with Gasteiger partial charge in [-0.3, -0.25) is 4.79 Å². The van der Waals surface area contributed by atoms with Crippen molar-refractivity contribution >= 4 is 29.2 Å². The number of carbonyl (C=O) groups excluding carboxylic acids is 2. The van der Waals surface area contributed by atoms with E-state index in [1.54, 1.807) is 17.9 Å². The van der Waals surface area contributed by atoms with Crippen molar-refractivity contribution in [2.24, 2.45) is 0 Å². The van der Waals surface area contributed by atoms with E-state index in [2.05, 4.69) is 10.3 Å². The normalized spacial score (nSPS) is 17.4. The van der Waals surface area contributed by atoms with E-state index in [-0.39, 0.29) is 17.9 Å². The fourth-order valence-electron chi connectivity index (χ4n) is 4.06. The second-order valence-electron chi connectivity index (χ2n) is 8.11. The molecule has 7 nitrogen and oxygen atoms in total. The van der Waals surface area contributed by atoms with Crippen molar-refractivity contribution < 1.29 is 14.0 Å². The number of hydrogen-bond acceptors (Lipinski definition) is 4. The van der Waals surface area contributed by atoms with E-state index >= 15 is 0 Å². The summed E-state index contributed by atoms with van der Waals surface area (Å²) in [5, 5.41) is 3.54. The molecule has 1 aromatic heterocycles. The minimum Gasteiger partial charge on any atom is -0.445 e. The average molecular weight is 431 g/mol. The molecule has 30 heavy (non-hydrogen) atoms. The van der Waals surface area contributed by atoms with Crippen molar-refractivity contribution in [3.8, 4) is 0 Å². The van der Waals surface area contributed by atoms with Gasteiger partial charge in [-0.1, -0.05) is 17.7 Å². The van der Waals surface area contributed by atoms with Gasteiger partial charge in [0.05, 0.1) is 0 Å². The number of oxazole rings is 1. The Bertz CT molecular complexity index is 944. The van der Waals surface area contributed by atoms with Gasteiger partial charge in [-0.15, -0.1) is 0 Å². The lowest BCUT2D eigenvalue weighted by molar-refractivity contribution is 0.0786. The zero-order valence-electron chi connectivity index (χ0n) is 17.4. The third-order valence-corrected chi connectivity index (χ3v) is 6.37. The van der Waals surface area contributed by atoms with Crippen LogP contribution < -0.4 is 5.32 Å². The summed E-state index contributed by atoms with van der Waals surface area (Å²) >= 11 is 6.14. The minimum absolute atomic E-state index is 0.0337. The fraction of sp³-hybridized carbons (Fsp3) is 0.500. The average Bonchev–Trinajstić information content (AvgIpc) is 3.40. The summed E-state index contributed by atoms with van der Waals surface area (Å²) in [7, 11) is 0. The Morgan fingerprint density at radius 3 is 2.47 bits per heavy atom. The number of likely N-dealkylation sites (tertiary alicyclic amines) is 2. The third-order valence-electron chi connectivity index (χ3n) is 5.96. The fourth-order valence-corrected chi connectivity index (χ4v) is 4.24. The van der Waals surface area contributed by atoms with Crippen LogP contribution in [0.25, 0.3) is 0 Å². The highest BCUT2D eigenvalue weighted by Crippen LogP contribution is 2.30. The molecule has 0 bridgehead atoms. The second-order valence-corrected chi connectivity index (χ2v) is 8.52. The van der Waals surface area contributed by atoms with Gasteiger partial charge in [0.1, 0.15) is 5.76 Å². The smallest absolute Gasteiger partial charge is 0.321 e. The molecule has 3 heterocycles. The van der Waals surface area contributed by atoms with Crippen molar-refractivity contribution in [2.45, 2.75) is 45.4 Å². The number of anilines is 1. The number of amides is 3. The van der Waals surface area contributed by atoms with Crippen LogP contribution in [0.1, 0.15) is 59.3 Å². The maximum Gasteiger partial charge on any atom is 0.321 e. The lowest BCUT2D eigenvalue weighted by Gasteiger charge is -2.30. The van der Waals surface area contributed by atoms with E-state index in [0.29, 0.717) is 41.1 Å². The molecule has 4 rings (SSSR count). The Labute approximate surface area is 181 Å². The molecule has 160 valence electrons. The number of hydrogen-bond donors (Lipinski definition) is 1. The number of halogens is 1. The molecule has 0 unspecified atom stereocenters. The Morgan fingerprint density at radius 1 is 1.10 bits per heavy atom. The van der Waals surface area contributed by atoms with Crippen LogP contribution in [0.2, 0.25) is 5.02 Å². The summed E-state index contributed by atoms with van der Waals surface area (Å²) in [5.41, 5.74) is 2.09. The first kappa shape index (κ1) is 20.7. The number of aromatic nitrogens is 1. The van der Waals surface area contributed by atoms with E-state index < -0.39 is 0 Å². The van der Waals surface area contributed by atoms with Crippen LogP contribution in [0.15, 0.2) is 22.6 Å². The standard InChI is InChI=1S/C22H27ClN4O3/c1-14-5-6-17(13-18(14)23)24-22(29)27-11-7-16(8-12-27)20-25-19(15(2)30-20)21(28)26-9-3-4-10-26/h5-6,13,16H,3-4,7-12H2,1-2H3,(H,24,29).